The van der Waals surface area contributed by atoms with E-state index >= 15 is 0 Å². The van der Waals surface area contributed by atoms with Crippen molar-refractivity contribution in [1.82, 2.24) is 15.1 Å². The molecule has 0 atom stereocenters. The Morgan fingerprint density at radius 2 is 2.26 bits per heavy atom. The minimum Gasteiger partial charge on any atom is -0.399 e. The lowest BCUT2D eigenvalue weighted by Crippen LogP contribution is -2.26. The molecule has 0 aliphatic heterocycles. The number of nitrogens with two attached hydrogens (primary N) is 1. The predicted molar refractivity (Wildman–Crippen MR) is 75.1 cm³/mol. The molecule has 2 aromatic rings. The summed E-state index contributed by atoms with van der Waals surface area (Å²) in [6.07, 6.45) is 2.45. The number of aromatic nitrogens is 2. The van der Waals surface area contributed by atoms with Crippen molar-refractivity contribution >= 4 is 23.2 Å². The van der Waals surface area contributed by atoms with E-state index in [0.29, 0.717) is 22.8 Å². The van der Waals surface area contributed by atoms with Crippen LogP contribution in [-0.2, 0) is 13.5 Å². The number of aryl methyl sites for hydroxylation is 1. The number of benzene rings is 1. The van der Waals surface area contributed by atoms with Gasteiger partial charge < -0.3 is 11.1 Å². The smallest absolute Gasteiger partial charge is 0.252 e. The maximum absolute atomic E-state index is 11.9. The van der Waals surface area contributed by atoms with Gasteiger partial charge >= 0.3 is 0 Å². The lowest BCUT2D eigenvalue weighted by molar-refractivity contribution is 0.0954. The van der Waals surface area contributed by atoms with Crippen molar-refractivity contribution in [2.45, 2.75) is 6.42 Å². The first kappa shape index (κ1) is 13.4. The van der Waals surface area contributed by atoms with Gasteiger partial charge in [-0.1, -0.05) is 11.6 Å². The van der Waals surface area contributed by atoms with E-state index in [1.165, 1.54) is 0 Å². The van der Waals surface area contributed by atoms with E-state index < -0.39 is 0 Å². The van der Waals surface area contributed by atoms with Crippen LogP contribution in [-0.4, -0.2) is 22.2 Å². The number of carbonyl (C=O) groups is 1. The second kappa shape index (κ2) is 5.75. The molecule has 2 rings (SSSR count). The molecule has 1 amide bonds. The van der Waals surface area contributed by atoms with E-state index in [-0.39, 0.29) is 5.91 Å². The first-order valence-corrected chi connectivity index (χ1v) is 6.26. The van der Waals surface area contributed by atoms with Gasteiger partial charge in [-0.05, 0) is 24.3 Å². The van der Waals surface area contributed by atoms with Crippen LogP contribution in [0.3, 0.4) is 0 Å². The number of rotatable bonds is 4. The van der Waals surface area contributed by atoms with Crippen LogP contribution >= 0.6 is 11.6 Å². The molecule has 0 aliphatic carbocycles. The van der Waals surface area contributed by atoms with E-state index in [4.69, 9.17) is 17.3 Å². The molecule has 1 heterocycles. The SMILES string of the molecule is Cn1nccc1CCNC(=O)c1ccc(N)cc1Cl. The fourth-order valence-corrected chi connectivity index (χ4v) is 2.04. The average molecular weight is 279 g/mol. The second-order valence-electron chi connectivity index (χ2n) is 4.19. The fourth-order valence-electron chi connectivity index (χ4n) is 1.76. The molecule has 0 unspecified atom stereocenters. The summed E-state index contributed by atoms with van der Waals surface area (Å²) in [6.45, 7) is 0.527. The van der Waals surface area contributed by atoms with E-state index in [1.807, 2.05) is 13.1 Å². The highest BCUT2D eigenvalue weighted by Gasteiger charge is 2.10. The molecule has 5 nitrogen and oxygen atoms in total. The number of anilines is 1. The molecule has 0 bridgehead atoms. The molecular formula is C13H15ClN4O. The molecule has 3 N–H and O–H groups in total. The molecule has 0 saturated carbocycles. The number of hydrogen-bond donors (Lipinski definition) is 2. The highest BCUT2D eigenvalue weighted by atomic mass is 35.5. The number of hydrogen-bond acceptors (Lipinski definition) is 3. The van der Waals surface area contributed by atoms with Gasteiger partial charge in [-0.25, -0.2) is 0 Å². The molecule has 0 saturated heterocycles. The van der Waals surface area contributed by atoms with Gasteiger partial charge in [0.25, 0.3) is 5.91 Å². The number of nitrogens with zero attached hydrogens (tertiary/aromatic N) is 2. The van der Waals surface area contributed by atoms with E-state index in [0.717, 1.165) is 12.1 Å². The van der Waals surface area contributed by atoms with Crippen LogP contribution in [0.25, 0.3) is 0 Å². The standard InChI is InChI=1S/C13H15ClN4O/c1-18-10(5-7-17-18)4-6-16-13(19)11-3-2-9(15)8-12(11)14/h2-3,5,7-8H,4,6,15H2,1H3,(H,16,19). The van der Waals surface area contributed by atoms with Crippen LogP contribution < -0.4 is 11.1 Å². The highest BCUT2D eigenvalue weighted by Crippen LogP contribution is 2.18. The molecule has 0 radical (unpaired) electrons. The molecule has 100 valence electrons. The van der Waals surface area contributed by atoms with Crippen molar-refractivity contribution in [3.05, 3.63) is 46.7 Å². The molecule has 0 aliphatic rings. The first-order chi connectivity index (χ1) is 9.08. The molecule has 0 spiro atoms. The quantitative estimate of drug-likeness (QED) is 0.835. The van der Waals surface area contributed by atoms with Gasteiger partial charge in [-0.2, -0.15) is 5.10 Å². The van der Waals surface area contributed by atoms with Crippen molar-refractivity contribution in [2.24, 2.45) is 7.05 Å². The zero-order valence-electron chi connectivity index (χ0n) is 10.6. The van der Waals surface area contributed by atoms with Crippen molar-refractivity contribution in [3.63, 3.8) is 0 Å². The van der Waals surface area contributed by atoms with Crippen LogP contribution in [0.5, 0.6) is 0 Å². The number of nitrogen functional groups attached to an aromatic ring is 1. The summed E-state index contributed by atoms with van der Waals surface area (Å²) < 4.78 is 1.78. The van der Waals surface area contributed by atoms with Crippen molar-refractivity contribution in [1.29, 1.82) is 0 Å². The molecule has 1 aromatic heterocycles. The highest BCUT2D eigenvalue weighted by molar-refractivity contribution is 6.34. The Morgan fingerprint density at radius 1 is 1.47 bits per heavy atom. The number of amides is 1. The van der Waals surface area contributed by atoms with Crippen molar-refractivity contribution in [3.8, 4) is 0 Å². The average Bonchev–Trinajstić information content (AvgIpc) is 2.75. The summed E-state index contributed by atoms with van der Waals surface area (Å²) >= 11 is 5.97. The number of halogens is 1. The summed E-state index contributed by atoms with van der Waals surface area (Å²) in [5.41, 5.74) is 7.61. The normalized spacial score (nSPS) is 10.4. The summed E-state index contributed by atoms with van der Waals surface area (Å²) in [5.74, 6) is -0.202. The van der Waals surface area contributed by atoms with E-state index in [1.54, 1.807) is 29.1 Å². The third-order valence-corrected chi connectivity index (χ3v) is 3.14. The van der Waals surface area contributed by atoms with Crippen molar-refractivity contribution < 1.29 is 4.79 Å². The largest absolute Gasteiger partial charge is 0.399 e. The summed E-state index contributed by atoms with van der Waals surface area (Å²) in [4.78, 5) is 11.9. The van der Waals surface area contributed by atoms with Crippen LogP contribution in [0.1, 0.15) is 16.1 Å². The molecule has 6 heteroatoms. The second-order valence-corrected chi connectivity index (χ2v) is 4.60. The third-order valence-electron chi connectivity index (χ3n) is 2.83. The molecular weight excluding hydrogens is 264 g/mol. The van der Waals surface area contributed by atoms with Gasteiger partial charge in [-0.3, -0.25) is 9.48 Å². The van der Waals surface area contributed by atoms with Gasteiger partial charge in [0.2, 0.25) is 0 Å². The van der Waals surface area contributed by atoms with Gasteiger partial charge in [0.15, 0.2) is 0 Å². The summed E-state index contributed by atoms with van der Waals surface area (Å²) in [5, 5.41) is 7.24. The van der Waals surface area contributed by atoms with Gasteiger partial charge in [0, 0.05) is 37.6 Å². The Balaban J connectivity index is 1.93. The van der Waals surface area contributed by atoms with Crippen LogP contribution in [0.2, 0.25) is 5.02 Å². The predicted octanol–water partition coefficient (Wildman–Crippen LogP) is 1.63. The minimum atomic E-state index is -0.202. The van der Waals surface area contributed by atoms with Gasteiger partial charge in [0.1, 0.15) is 0 Å². The fraction of sp³-hybridized carbons (Fsp3) is 0.231. The summed E-state index contributed by atoms with van der Waals surface area (Å²) in [6, 6.07) is 6.76. The first-order valence-electron chi connectivity index (χ1n) is 5.88. The molecule has 0 fully saturated rings. The molecule has 1 aromatic carbocycles. The lowest BCUT2D eigenvalue weighted by atomic mass is 10.2. The zero-order chi connectivity index (χ0) is 13.8. The zero-order valence-corrected chi connectivity index (χ0v) is 11.3. The van der Waals surface area contributed by atoms with Crippen LogP contribution in [0, 0.1) is 0 Å². The lowest BCUT2D eigenvalue weighted by Gasteiger charge is -2.07. The topological polar surface area (TPSA) is 72.9 Å². The Morgan fingerprint density at radius 3 is 2.89 bits per heavy atom. The summed E-state index contributed by atoms with van der Waals surface area (Å²) in [7, 11) is 1.87. The maximum atomic E-state index is 11.9. The minimum absolute atomic E-state index is 0.202. The van der Waals surface area contributed by atoms with Crippen LogP contribution in [0.15, 0.2) is 30.5 Å². The number of nitrogens with one attached hydrogen (secondary N) is 1. The monoisotopic (exact) mass is 278 g/mol. The van der Waals surface area contributed by atoms with Gasteiger partial charge in [0.05, 0.1) is 10.6 Å². The molecule has 19 heavy (non-hydrogen) atoms. The Kier molecular flexibility index (Phi) is 4.06. The number of carbonyl (C=O) groups excluding carboxylic acids is 1. The Bertz CT molecular complexity index is 594. The van der Waals surface area contributed by atoms with E-state index in [2.05, 4.69) is 10.4 Å². The Labute approximate surface area is 116 Å². The maximum Gasteiger partial charge on any atom is 0.252 e. The Hall–Kier alpha value is -2.01. The van der Waals surface area contributed by atoms with E-state index in [9.17, 15) is 4.79 Å². The third kappa shape index (κ3) is 3.26. The van der Waals surface area contributed by atoms with Gasteiger partial charge in [-0.15, -0.1) is 0 Å². The van der Waals surface area contributed by atoms with Crippen molar-refractivity contribution in [2.75, 3.05) is 12.3 Å². The van der Waals surface area contributed by atoms with Crippen LogP contribution in [0.4, 0.5) is 5.69 Å².